The van der Waals surface area contributed by atoms with Crippen molar-refractivity contribution in [2.75, 3.05) is 51.8 Å². The summed E-state index contributed by atoms with van der Waals surface area (Å²) in [6.07, 6.45) is 2.86. The van der Waals surface area contributed by atoms with Gasteiger partial charge in [-0.05, 0) is 65.0 Å². The van der Waals surface area contributed by atoms with Gasteiger partial charge in [-0.15, -0.1) is 0 Å². The first-order chi connectivity index (χ1) is 19.7. The standard InChI is InChI=1S/C29H36BrClN6O4/c1-5-6-20(38)16-41-21-7-8-24(31)22(11-21)27-34-25(26(33-3)23(30)12-32)17(2)28(35-27)37-13-18-9-10-36(29(39)40-4)14-19(18)15-37/h7-8,11-12,20,38H,5-6,9-10,13-16,32H2,1-4H3/t20-/m1/s1. The summed E-state index contributed by atoms with van der Waals surface area (Å²) in [6, 6.07) is 5.29. The minimum atomic E-state index is -0.555. The number of nitrogens with zero attached hydrogens (tertiary/aromatic N) is 5. The highest BCUT2D eigenvalue weighted by molar-refractivity contribution is 9.12. The molecular formula is C29H36BrClN6O4. The number of hydrogen-bond donors (Lipinski definition) is 2. The van der Waals surface area contributed by atoms with E-state index in [2.05, 4.69) is 25.8 Å². The fourth-order valence-electron chi connectivity index (χ4n) is 5.11. The summed E-state index contributed by atoms with van der Waals surface area (Å²) >= 11 is 10.2. The first kappa shape index (κ1) is 30.8. The lowest BCUT2D eigenvalue weighted by Crippen LogP contribution is -2.37. The van der Waals surface area contributed by atoms with Crippen LogP contribution >= 0.6 is 27.5 Å². The van der Waals surface area contributed by atoms with Gasteiger partial charge >= 0.3 is 6.09 Å². The van der Waals surface area contributed by atoms with Crippen molar-refractivity contribution in [3.8, 4) is 17.1 Å². The Morgan fingerprint density at radius 1 is 1.29 bits per heavy atom. The van der Waals surface area contributed by atoms with E-state index < -0.39 is 6.10 Å². The molecule has 1 amide bonds. The largest absolute Gasteiger partial charge is 0.491 e. The highest BCUT2D eigenvalue weighted by atomic mass is 79.9. The van der Waals surface area contributed by atoms with E-state index in [0.717, 1.165) is 24.2 Å². The van der Waals surface area contributed by atoms with Crippen molar-refractivity contribution >= 4 is 45.2 Å². The number of benzene rings is 1. The molecular weight excluding hydrogens is 612 g/mol. The number of amides is 1. The lowest BCUT2D eigenvalue weighted by atomic mass is 10.0. The quantitative estimate of drug-likeness (QED) is 0.292. The van der Waals surface area contributed by atoms with E-state index in [0.29, 0.717) is 70.6 Å². The molecule has 0 unspecified atom stereocenters. The van der Waals surface area contributed by atoms with Gasteiger partial charge in [0.15, 0.2) is 5.82 Å². The summed E-state index contributed by atoms with van der Waals surface area (Å²) in [5, 5.41) is 10.6. The molecule has 220 valence electrons. The van der Waals surface area contributed by atoms with Crippen molar-refractivity contribution in [2.45, 2.75) is 39.2 Å². The Morgan fingerprint density at radius 2 is 2.05 bits per heavy atom. The van der Waals surface area contributed by atoms with E-state index in [4.69, 9.17) is 36.8 Å². The molecule has 0 saturated heterocycles. The number of anilines is 1. The van der Waals surface area contributed by atoms with Gasteiger partial charge < -0.3 is 30.1 Å². The van der Waals surface area contributed by atoms with Crippen molar-refractivity contribution in [3.63, 3.8) is 0 Å². The van der Waals surface area contributed by atoms with Crippen LogP contribution in [-0.2, 0) is 4.74 Å². The maximum Gasteiger partial charge on any atom is 0.409 e. The molecule has 0 aliphatic carbocycles. The molecule has 0 bridgehead atoms. The van der Waals surface area contributed by atoms with E-state index in [1.807, 2.05) is 13.8 Å². The number of aromatic nitrogens is 2. The molecule has 2 aliphatic heterocycles. The third-order valence-electron chi connectivity index (χ3n) is 7.24. The molecule has 0 spiro atoms. The second-order valence-electron chi connectivity index (χ2n) is 10.0. The molecule has 3 heterocycles. The normalized spacial score (nSPS) is 16.7. The molecule has 0 saturated carbocycles. The number of allylic oxidation sites excluding steroid dienone is 1. The maximum absolute atomic E-state index is 12.2. The van der Waals surface area contributed by atoms with Crippen molar-refractivity contribution in [3.05, 3.63) is 56.3 Å². The predicted octanol–water partition coefficient (Wildman–Crippen LogP) is 4.85. The number of carbonyl (C=O) groups is 1. The third kappa shape index (κ3) is 6.85. The smallest absolute Gasteiger partial charge is 0.409 e. The molecule has 0 radical (unpaired) electrons. The topological polar surface area (TPSA) is 126 Å². The van der Waals surface area contributed by atoms with Crippen LogP contribution < -0.4 is 15.4 Å². The number of nitrogens with two attached hydrogens (primary N) is 1. The molecule has 0 fully saturated rings. The van der Waals surface area contributed by atoms with Crippen LogP contribution in [-0.4, -0.2) is 84.8 Å². The average Bonchev–Trinajstić information content (AvgIpc) is 3.40. The van der Waals surface area contributed by atoms with E-state index in [9.17, 15) is 9.90 Å². The summed E-state index contributed by atoms with van der Waals surface area (Å²) in [6.45, 7) is 6.62. The summed E-state index contributed by atoms with van der Waals surface area (Å²) in [7, 11) is 3.08. The van der Waals surface area contributed by atoms with Crippen molar-refractivity contribution in [1.29, 1.82) is 0 Å². The summed E-state index contributed by atoms with van der Waals surface area (Å²) in [5.74, 6) is 1.70. The van der Waals surface area contributed by atoms with Crippen molar-refractivity contribution < 1.29 is 19.4 Å². The van der Waals surface area contributed by atoms with Crippen LogP contribution in [0, 0.1) is 6.92 Å². The van der Waals surface area contributed by atoms with Gasteiger partial charge in [-0.25, -0.2) is 14.8 Å². The van der Waals surface area contributed by atoms with Crippen LogP contribution in [0.2, 0.25) is 5.02 Å². The highest BCUT2D eigenvalue weighted by Gasteiger charge is 2.32. The minimum absolute atomic E-state index is 0.175. The lowest BCUT2D eigenvalue weighted by Gasteiger charge is -2.26. The van der Waals surface area contributed by atoms with Crippen molar-refractivity contribution in [1.82, 2.24) is 14.9 Å². The Bertz CT molecular complexity index is 1400. The Hall–Kier alpha value is -3.15. The molecule has 1 atom stereocenters. The number of hydrogen-bond acceptors (Lipinski definition) is 9. The van der Waals surface area contributed by atoms with Gasteiger partial charge in [0.2, 0.25) is 0 Å². The third-order valence-corrected chi connectivity index (χ3v) is 8.21. The molecule has 10 nitrogen and oxygen atoms in total. The number of carbonyl (C=O) groups excluding carboxylic acids is 1. The summed E-state index contributed by atoms with van der Waals surface area (Å²) < 4.78 is 11.4. The Kier molecular flexibility index (Phi) is 10.3. The number of aliphatic imine (C=N–C) groups is 1. The first-order valence-corrected chi connectivity index (χ1v) is 14.7. The SMILES string of the molecule is CCC[C@@H](O)COc1ccc(Cl)c(-c2nc(C(=NC)C(Br)=CN)c(C)c(N3CC4=C(CN(C(=O)OC)CC4)C3)n2)c1. The van der Waals surface area contributed by atoms with Crippen LogP contribution in [0.15, 0.2) is 45.0 Å². The van der Waals surface area contributed by atoms with Gasteiger partial charge in [0.25, 0.3) is 0 Å². The van der Waals surface area contributed by atoms with E-state index in [1.54, 1.807) is 30.1 Å². The number of halogens is 2. The number of aliphatic hydroxyl groups excluding tert-OH is 1. The van der Waals surface area contributed by atoms with Gasteiger partial charge in [0.05, 0.1) is 34.1 Å². The molecule has 41 heavy (non-hydrogen) atoms. The molecule has 4 rings (SSSR count). The van der Waals surface area contributed by atoms with Crippen LogP contribution in [0.5, 0.6) is 5.75 Å². The molecule has 2 aromatic rings. The highest BCUT2D eigenvalue weighted by Crippen LogP contribution is 2.36. The van der Waals surface area contributed by atoms with Crippen LogP contribution in [0.4, 0.5) is 10.6 Å². The van der Waals surface area contributed by atoms with Gasteiger partial charge in [0.1, 0.15) is 18.2 Å². The summed E-state index contributed by atoms with van der Waals surface area (Å²) in [5.41, 5.74) is 11.0. The molecule has 1 aromatic carbocycles. The maximum atomic E-state index is 12.2. The fourth-order valence-corrected chi connectivity index (χ4v) is 5.68. The zero-order valence-electron chi connectivity index (χ0n) is 23.8. The second kappa shape index (κ2) is 13.7. The van der Waals surface area contributed by atoms with Crippen LogP contribution in [0.25, 0.3) is 11.4 Å². The second-order valence-corrected chi connectivity index (χ2v) is 11.3. The lowest BCUT2D eigenvalue weighted by molar-refractivity contribution is 0.0994. The minimum Gasteiger partial charge on any atom is -0.491 e. The van der Waals surface area contributed by atoms with Gasteiger partial charge in [-0.3, -0.25) is 4.99 Å². The monoisotopic (exact) mass is 646 g/mol. The molecule has 2 aliphatic rings. The zero-order chi connectivity index (χ0) is 29.7. The average molecular weight is 648 g/mol. The van der Waals surface area contributed by atoms with Crippen molar-refractivity contribution in [2.24, 2.45) is 10.7 Å². The van der Waals surface area contributed by atoms with Crippen LogP contribution in [0.3, 0.4) is 0 Å². The fraction of sp³-hybridized carbons (Fsp3) is 0.448. The van der Waals surface area contributed by atoms with Gasteiger partial charge in [0, 0.05) is 50.6 Å². The van der Waals surface area contributed by atoms with E-state index in [-0.39, 0.29) is 12.7 Å². The van der Waals surface area contributed by atoms with Gasteiger partial charge in [-0.1, -0.05) is 24.9 Å². The Morgan fingerprint density at radius 3 is 2.73 bits per heavy atom. The first-order valence-electron chi connectivity index (χ1n) is 13.5. The Labute approximate surface area is 254 Å². The Balaban J connectivity index is 1.75. The number of ether oxygens (including phenoxy) is 2. The summed E-state index contributed by atoms with van der Waals surface area (Å²) in [4.78, 5) is 30.5. The van der Waals surface area contributed by atoms with Gasteiger partial charge in [-0.2, -0.15) is 0 Å². The van der Waals surface area contributed by atoms with E-state index >= 15 is 0 Å². The molecule has 3 N–H and O–H groups in total. The predicted molar refractivity (Wildman–Crippen MR) is 165 cm³/mol. The molecule has 12 heteroatoms. The number of methoxy groups -OCH3 is 1. The van der Waals surface area contributed by atoms with Crippen LogP contribution in [0.1, 0.15) is 37.4 Å². The number of aliphatic hydroxyl groups is 1. The number of rotatable bonds is 9. The van der Waals surface area contributed by atoms with E-state index in [1.165, 1.54) is 24.5 Å². The molecule has 1 aromatic heterocycles. The zero-order valence-corrected chi connectivity index (χ0v) is 26.1.